The number of nitrogens with one attached hydrogen (secondary N) is 2. The molecule has 0 saturated carbocycles. The summed E-state index contributed by atoms with van der Waals surface area (Å²) in [6.45, 7) is 1.91. The molecule has 0 heterocycles. The smallest absolute Gasteiger partial charge is 0.0212 e. The molecule has 1 unspecified atom stereocenters. The Morgan fingerprint density at radius 2 is 2.25 bits per heavy atom. The molecule has 0 bridgehead atoms. The molecule has 0 radical (unpaired) electrons. The topological polar surface area (TPSA) is 50.1 Å². The average Bonchev–Trinajstić information content (AvgIpc) is 1.66. The highest BCUT2D eigenvalue weighted by Gasteiger charge is 1.78. The molecular formula is C5H13N3. The Bertz CT molecular complexity index is 68.1. The Labute approximate surface area is 49.9 Å². The zero-order valence-corrected chi connectivity index (χ0v) is 5.31. The third-order valence-electron chi connectivity index (χ3n) is 0.627. The van der Waals surface area contributed by atoms with Crippen molar-refractivity contribution in [1.29, 1.82) is 0 Å². The van der Waals surface area contributed by atoms with Gasteiger partial charge in [-0.15, -0.1) is 0 Å². The fraction of sp³-hybridized carbons (Fsp3) is 0.600. The van der Waals surface area contributed by atoms with E-state index in [1.165, 1.54) is 0 Å². The summed E-state index contributed by atoms with van der Waals surface area (Å²) in [7, 11) is 1.80. The van der Waals surface area contributed by atoms with Crippen LogP contribution in [-0.2, 0) is 0 Å². The van der Waals surface area contributed by atoms with Crippen LogP contribution in [0.2, 0.25) is 0 Å². The second-order valence-corrected chi connectivity index (χ2v) is 1.61. The fourth-order valence-electron chi connectivity index (χ4n) is 0.283. The molecule has 8 heavy (non-hydrogen) atoms. The summed E-state index contributed by atoms with van der Waals surface area (Å²) in [5, 5.41) is 0. The highest BCUT2D eigenvalue weighted by molar-refractivity contribution is 4.85. The molecule has 0 aliphatic heterocycles. The molecule has 0 fully saturated rings. The van der Waals surface area contributed by atoms with Gasteiger partial charge in [-0.1, -0.05) is 6.08 Å². The third kappa shape index (κ3) is 5.46. The van der Waals surface area contributed by atoms with Gasteiger partial charge in [-0.3, -0.25) is 0 Å². The lowest BCUT2D eigenvalue weighted by Crippen LogP contribution is -2.22. The molecule has 4 N–H and O–H groups in total. The Morgan fingerprint density at radius 1 is 1.62 bits per heavy atom. The van der Waals surface area contributed by atoms with Crippen molar-refractivity contribution in [3.63, 3.8) is 0 Å². The Kier molecular flexibility index (Phi) is 4.30. The van der Waals surface area contributed by atoms with E-state index in [4.69, 9.17) is 5.73 Å². The molecular weight excluding hydrogens is 102 g/mol. The van der Waals surface area contributed by atoms with Crippen LogP contribution >= 0.6 is 0 Å². The van der Waals surface area contributed by atoms with E-state index >= 15 is 0 Å². The van der Waals surface area contributed by atoms with Crippen LogP contribution in [0.1, 0.15) is 6.92 Å². The molecule has 3 heteroatoms. The monoisotopic (exact) mass is 115 g/mol. The van der Waals surface area contributed by atoms with Crippen LogP contribution in [0.15, 0.2) is 12.3 Å². The van der Waals surface area contributed by atoms with Gasteiger partial charge in [-0.25, -0.2) is 5.43 Å². The summed E-state index contributed by atoms with van der Waals surface area (Å²) < 4.78 is 0. The predicted octanol–water partition coefficient (Wildman–Crippen LogP) is -0.429. The molecule has 0 aromatic rings. The maximum absolute atomic E-state index is 5.38. The van der Waals surface area contributed by atoms with Crippen molar-refractivity contribution in [1.82, 2.24) is 10.9 Å². The first-order valence-corrected chi connectivity index (χ1v) is 2.62. The van der Waals surface area contributed by atoms with E-state index in [0.717, 1.165) is 0 Å². The number of hydrogen-bond acceptors (Lipinski definition) is 3. The molecule has 0 aromatic heterocycles. The number of nitrogens with two attached hydrogens (primary N) is 1. The van der Waals surface area contributed by atoms with Crippen molar-refractivity contribution < 1.29 is 0 Å². The highest BCUT2D eigenvalue weighted by Crippen LogP contribution is 1.72. The first-order valence-electron chi connectivity index (χ1n) is 2.62. The van der Waals surface area contributed by atoms with E-state index < -0.39 is 0 Å². The quantitative estimate of drug-likeness (QED) is 0.437. The maximum Gasteiger partial charge on any atom is 0.0212 e. The van der Waals surface area contributed by atoms with E-state index in [0.29, 0.717) is 0 Å². The van der Waals surface area contributed by atoms with Gasteiger partial charge in [-0.05, 0) is 6.92 Å². The van der Waals surface area contributed by atoms with Crippen LogP contribution in [0.3, 0.4) is 0 Å². The first kappa shape index (κ1) is 7.46. The normalized spacial score (nSPS) is 14.4. The van der Waals surface area contributed by atoms with Gasteiger partial charge in [0.2, 0.25) is 0 Å². The molecule has 0 aliphatic carbocycles. The van der Waals surface area contributed by atoms with E-state index in [1.807, 2.05) is 13.0 Å². The minimum atomic E-state index is 0.121. The van der Waals surface area contributed by atoms with Crippen molar-refractivity contribution in [2.45, 2.75) is 13.0 Å². The second-order valence-electron chi connectivity index (χ2n) is 1.61. The fourth-order valence-corrected chi connectivity index (χ4v) is 0.283. The van der Waals surface area contributed by atoms with E-state index in [9.17, 15) is 0 Å². The van der Waals surface area contributed by atoms with Gasteiger partial charge < -0.3 is 11.2 Å². The lowest BCUT2D eigenvalue weighted by atomic mass is 10.4. The summed E-state index contributed by atoms with van der Waals surface area (Å²) in [4.78, 5) is 0. The average molecular weight is 115 g/mol. The SMILES string of the molecule is CNN/C=C\C(C)N. The number of hydrazine groups is 1. The molecule has 1 atom stereocenters. The lowest BCUT2D eigenvalue weighted by molar-refractivity contribution is 0.724. The number of hydrogen-bond donors (Lipinski definition) is 3. The van der Waals surface area contributed by atoms with Gasteiger partial charge in [0.05, 0.1) is 0 Å². The molecule has 0 aromatic carbocycles. The highest BCUT2D eigenvalue weighted by atomic mass is 15.3. The standard InChI is InChI=1S/C5H13N3/c1-5(6)3-4-8-7-2/h3-5,7-8H,6H2,1-2H3/b4-3-. The summed E-state index contributed by atoms with van der Waals surface area (Å²) in [6.07, 6.45) is 3.63. The summed E-state index contributed by atoms with van der Waals surface area (Å²) >= 11 is 0. The van der Waals surface area contributed by atoms with Gasteiger partial charge in [-0.2, -0.15) is 0 Å². The zero-order valence-electron chi connectivity index (χ0n) is 5.31. The molecule has 0 amide bonds. The largest absolute Gasteiger partial charge is 0.329 e. The minimum Gasteiger partial charge on any atom is -0.329 e. The first-order chi connectivity index (χ1) is 3.77. The summed E-state index contributed by atoms with van der Waals surface area (Å²) in [6, 6.07) is 0.121. The van der Waals surface area contributed by atoms with Crippen molar-refractivity contribution in [2.75, 3.05) is 7.05 Å². The van der Waals surface area contributed by atoms with Crippen molar-refractivity contribution >= 4 is 0 Å². The number of rotatable bonds is 3. The van der Waals surface area contributed by atoms with Crippen molar-refractivity contribution in [3.8, 4) is 0 Å². The Hall–Kier alpha value is -0.540. The van der Waals surface area contributed by atoms with Gasteiger partial charge in [0.15, 0.2) is 0 Å². The van der Waals surface area contributed by atoms with Crippen molar-refractivity contribution in [3.05, 3.63) is 12.3 Å². The second kappa shape index (κ2) is 4.61. The zero-order chi connectivity index (χ0) is 6.41. The third-order valence-corrected chi connectivity index (χ3v) is 0.627. The van der Waals surface area contributed by atoms with Gasteiger partial charge in [0.1, 0.15) is 0 Å². The summed E-state index contributed by atoms with van der Waals surface area (Å²) in [5.74, 6) is 0. The Morgan fingerprint density at radius 3 is 2.62 bits per heavy atom. The van der Waals surface area contributed by atoms with Crippen LogP contribution in [0, 0.1) is 0 Å². The van der Waals surface area contributed by atoms with Crippen LogP contribution < -0.4 is 16.6 Å². The molecule has 0 rings (SSSR count). The predicted molar refractivity (Wildman–Crippen MR) is 35.0 cm³/mol. The van der Waals surface area contributed by atoms with E-state index in [-0.39, 0.29) is 6.04 Å². The van der Waals surface area contributed by atoms with E-state index in [1.54, 1.807) is 13.2 Å². The van der Waals surface area contributed by atoms with Crippen LogP contribution in [0.5, 0.6) is 0 Å². The molecule has 48 valence electrons. The van der Waals surface area contributed by atoms with Crippen molar-refractivity contribution in [2.24, 2.45) is 5.73 Å². The molecule has 0 spiro atoms. The van der Waals surface area contributed by atoms with Crippen LogP contribution in [-0.4, -0.2) is 13.1 Å². The van der Waals surface area contributed by atoms with Crippen LogP contribution in [0.25, 0.3) is 0 Å². The van der Waals surface area contributed by atoms with Gasteiger partial charge in [0, 0.05) is 19.3 Å². The van der Waals surface area contributed by atoms with Gasteiger partial charge in [0.25, 0.3) is 0 Å². The minimum absolute atomic E-state index is 0.121. The van der Waals surface area contributed by atoms with E-state index in [2.05, 4.69) is 10.9 Å². The molecule has 0 saturated heterocycles. The van der Waals surface area contributed by atoms with Crippen LogP contribution in [0.4, 0.5) is 0 Å². The molecule has 3 nitrogen and oxygen atoms in total. The van der Waals surface area contributed by atoms with Gasteiger partial charge >= 0.3 is 0 Å². The lowest BCUT2D eigenvalue weighted by Gasteiger charge is -1.95. The maximum atomic E-state index is 5.38. The summed E-state index contributed by atoms with van der Waals surface area (Å²) in [5.41, 5.74) is 10.9. The Balaban J connectivity index is 3.07. The molecule has 0 aliphatic rings.